The van der Waals surface area contributed by atoms with Gasteiger partial charge in [0.2, 0.25) is 10.0 Å². The van der Waals surface area contributed by atoms with E-state index in [1.54, 1.807) is 30.3 Å². The summed E-state index contributed by atoms with van der Waals surface area (Å²) >= 11 is 0. The zero-order valence-corrected chi connectivity index (χ0v) is 21.0. The summed E-state index contributed by atoms with van der Waals surface area (Å²) in [6.07, 6.45) is 0. The van der Waals surface area contributed by atoms with Gasteiger partial charge in [-0.15, -0.1) is 0 Å². The van der Waals surface area contributed by atoms with E-state index in [0.717, 1.165) is 22.4 Å². The molecule has 1 aliphatic heterocycles. The number of sulfonamides is 1. The first kappa shape index (κ1) is 24.6. The van der Waals surface area contributed by atoms with E-state index in [2.05, 4.69) is 4.99 Å². The van der Waals surface area contributed by atoms with Crippen LogP contribution in [-0.2, 0) is 21.4 Å². The lowest BCUT2D eigenvalue weighted by Gasteiger charge is -2.21. The maximum atomic E-state index is 12.9. The molecule has 3 aromatic rings. The van der Waals surface area contributed by atoms with E-state index in [4.69, 9.17) is 4.74 Å². The van der Waals surface area contributed by atoms with Crippen molar-refractivity contribution in [1.82, 2.24) is 4.31 Å². The molecule has 0 saturated carbocycles. The maximum Gasteiger partial charge on any atom is 0.285 e. The molecule has 0 radical (unpaired) electrons. The average Bonchev–Trinajstić information content (AvgIpc) is 3.22. The lowest BCUT2D eigenvalue weighted by atomic mass is 10.1. The average molecular weight is 492 g/mol. The molecule has 7 nitrogen and oxygen atoms in total. The van der Waals surface area contributed by atoms with Crippen molar-refractivity contribution in [2.24, 2.45) is 4.99 Å². The Bertz CT molecular complexity index is 1350. The molecule has 0 saturated heterocycles. The van der Waals surface area contributed by atoms with E-state index in [0.29, 0.717) is 31.2 Å². The number of rotatable bonds is 8. The molecule has 182 valence electrons. The van der Waals surface area contributed by atoms with Crippen LogP contribution in [0.25, 0.3) is 0 Å². The van der Waals surface area contributed by atoms with Crippen molar-refractivity contribution in [3.63, 3.8) is 0 Å². The fraction of sp³-hybridized carbons (Fsp3) is 0.259. The molecule has 4 rings (SSSR count). The number of anilines is 1. The summed E-state index contributed by atoms with van der Waals surface area (Å²) in [7, 11) is -3.55. The van der Waals surface area contributed by atoms with Gasteiger partial charge in [0.25, 0.3) is 5.91 Å². The summed E-state index contributed by atoms with van der Waals surface area (Å²) in [5.41, 5.74) is 3.71. The summed E-state index contributed by atoms with van der Waals surface area (Å²) in [6, 6.07) is 22.0. The number of nitrogens with zero attached hydrogens (tertiary/aromatic N) is 3. The first-order valence-electron chi connectivity index (χ1n) is 11.6. The van der Waals surface area contributed by atoms with Crippen LogP contribution in [0.5, 0.6) is 5.75 Å². The zero-order chi connectivity index (χ0) is 25.0. The number of fused-ring (bicyclic) bond motifs is 1. The molecule has 35 heavy (non-hydrogen) atoms. The monoisotopic (exact) mass is 491 g/mol. The molecule has 0 spiro atoms. The van der Waals surface area contributed by atoms with Crippen LogP contribution in [0.15, 0.2) is 82.7 Å². The second-order valence-corrected chi connectivity index (χ2v) is 10.2. The van der Waals surface area contributed by atoms with Crippen molar-refractivity contribution in [3.8, 4) is 5.75 Å². The quantitative estimate of drug-likeness (QED) is 0.467. The smallest absolute Gasteiger partial charge is 0.285 e. The number of aliphatic imine (C=N–C) groups is 1. The van der Waals surface area contributed by atoms with Crippen molar-refractivity contribution in [1.29, 1.82) is 0 Å². The van der Waals surface area contributed by atoms with Crippen molar-refractivity contribution in [2.45, 2.75) is 32.2 Å². The molecule has 0 N–H and O–H groups in total. The van der Waals surface area contributed by atoms with Gasteiger partial charge in [0.05, 0.1) is 11.4 Å². The van der Waals surface area contributed by atoms with Crippen LogP contribution in [0.4, 0.5) is 5.69 Å². The van der Waals surface area contributed by atoms with E-state index in [1.807, 2.05) is 68.1 Å². The lowest BCUT2D eigenvalue weighted by Crippen LogP contribution is -2.30. The molecule has 0 aliphatic carbocycles. The summed E-state index contributed by atoms with van der Waals surface area (Å²) in [6.45, 7) is 6.77. The SMILES string of the molecule is CCN(CC)S(=O)(=O)c1ccc(N2Cc3ccccc3C2=NC(=O)COc2cccc(C)c2)cc1. The van der Waals surface area contributed by atoms with Crippen LogP contribution in [0.3, 0.4) is 0 Å². The molecule has 0 unspecified atom stereocenters. The number of hydrogen-bond donors (Lipinski definition) is 0. The first-order valence-corrected chi connectivity index (χ1v) is 13.0. The van der Waals surface area contributed by atoms with Crippen LogP contribution in [0.1, 0.15) is 30.5 Å². The number of hydrogen-bond acceptors (Lipinski definition) is 4. The minimum absolute atomic E-state index is 0.177. The zero-order valence-electron chi connectivity index (χ0n) is 20.1. The van der Waals surface area contributed by atoms with Crippen LogP contribution in [0, 0.1) is 6.92 Å². The molecular formula is C27H29N3O4S. The fourth-order valence-electron chi connectivity index (χ4n) is 4.11. The standard InChI is InChI=1S/C27H29N3O4S/c1-4-29(5-2)35(32,33)24-15-13-22(14-16-24)30-18-21-10-6-7-12-25(21)27(30)28-26(31)19-34-23-11-8-9-20(3)17-23/h6-17H,4-5,18-19H2,1-3H3. The normalized spacial score (nSPS) is 14.4. The highest BCUT2D eigenvalue weighted by atomic mass is 32.2. The van der Waals surface area contributed by atoms with Crippen molar-refractivity contribution >= 4 is 27.5 Å². The summed E-state index contributed by atoms with van der Waals surface area (Å²) in [5.74, 6) is 0.744. The summed E-state index contributed by atoms with van der Waals surface area (Å²) in [5, 5.41) is 0. The van der Waals surface area contributed by atoms with Crippen LogP contribution < -0.4 is 9.64 Å². The lowest BCUT2D eigenvalue weighted by molar-refractivity contribution is -0.119. The molecule has 1 amide bonds. The summed E-state index contributed by atoms with van der Waals surface area (Å²) < 4.78 is 32.8. The predicted octanol–water partition coefficient (Wildman–Crippen LogP) is 4.40. The minimum atomic E-state index is -3.55. The Morgan fingerprint density at radius 3 is 2.40 bits per heavy atom. The van der Waals surface area contributed by atoms with Gasteiger partial charge in [-0.1, -0.05) is 50.2 Å². The number of amides is 1. The summed E-state index contributed by atoms with van der Waals surface area (Å²) in [4.78, 5) is 19.3. The first-order chi connectivity index (χ1) is 16.8. The Balaban J connectivity index is 1.60. The predicted molar refractivity (Wildman–Crippen MR) is 137 cm³/mol. The third kappa shape index (κ3) is 5.28. The van der Waals surface area contributed by atoms with Gasteiger partial charge in [-0.3, -0.25) is 4.79 Å². The van der Waals surface area contributed by atoms with Gasteiger partial charge in [-0.25, -0.2) is 8.42 Å². The Kier molecular flexibility index (Phi) is 7.33. The number of benzene rings is 3. The van der Waals surface area contributed by atoms with E-state index >= 15 is 0 Å². The number of ether oxygens (including phenoxy) is 1. The molecule has 0 atom stereocenters. The van der Waals surface area contributed by atoms with Crippen molar-refractivity contribution < 1.29 is 17.9 Å². The van der Waals surface area contributed by atoms with Crippen LogP contribution in [0.2, 0.25) is 0 Å². The Hall–Kier alpha value is -3.49. The second-order valence-electron chi connectivity index (χ2n) is 8.26. The maximum absolute atomic E-state index is 12.9. The fourth-order valence-corrected chi connectivity index (χ4v) is 5.57. The van der Waals surface area contributed by atoms with Gasteiger partial charge in [0.1, 0.15) is 11.6 Å². The third-order valence-corrected chi connectivity index (χ3v) is 7.98. The molecule has 1 aliphatic rings. The highest BCUT2D eigenvalue weighted by Crippen LogP contribution is 2.30. The van der Waals surface area contributed by atoms with Crippen LogP contribution >= 0.6 is 0 Å². The van der Waals surface area contributed by atoms with Crippen molar-refractivity contribution in [2.75, 3.05) is 24.6 Å². The molecule has 1 heterocycles. The largest absolute Gasteiger partial charge is 0.484 e. The molecular weight excluding hydrogens is 462 g/mol. The van der Waals surface area contributed by atoms with Gasteiger partial charge in [0.15, 0.2) is 6.61 Å². The molecule has 0 fully saturated rings. The number of aryl methyl sites for hydroxylation is 1. The van der Waals surface area contributed by atoms with Crippen molar-refractivity contribution in [3.05, 3.63) is 89.5 Å². The Labute approximate surface area is 206 Å². The van der Waals surface area contributed by atoms with Gasteiger partial charge in [-0.05, 0) is 54.4 Å². The highest BCUT2D eigenvalue weighted by molar-refractivity contribution is 7.89. The molecule has 0 aromatic heterocycles. The van der Waals surface area contributed by atoms with Gasteiger partial charge < -0.3 is 9.64 Å². The van der Waals surface area contributed by atoms with E-state index in [-0.39, 0.29) is 11.5 Å². The molecule has 8 heteroatoms. The number of carbonyl (C=O) groups excluding carboxylic acids is 1. The second kappa shape index (κ2) is 10.4. The van der Waals surface area contributed by atoms with Crippen LogP contribution in [-0.4, -0.2) is 44.2 Å². The Morgan fingerprint density at radius 2 is 1.71 bits per heavy atom. The third-order valence-electron chi connectivity index (χ3n) is 5.92. The van der Waals surface area contributed by atoms with Gasteiger partial charge in [0, 0.05) is 24.3 Å². The van der Waals surface area contributed by atoms with E-state index in [1.165, 1.54) is 4.31 Å². The van der Waals surface area contributed by atoms with E-state index in [9.17, 15) is 13.2 Å². The number of amidine groups is 1. The molecule has 0 bridgehead atoms. The number of carbonyl (C=O) groups is 1. The topological polar surface area (TPSA) is 79.3 Å². The Morgan fingerprint density at radius 1 is 1.00 bits per heavy atom. The highest BCUT2D eigenvalue weighted by Gasteiger charge is 2.28. The molecule has 3 aromatic carbocycles. The van der Waals surface area contributed by atoms with E-state index < -0.39 is 15.9 Å². The van der Waals surface area contributed by atoms with Gasteiger partial charge in [-0.2, -0.15) is 9.30 Å². The minimum Gasteiger partial charge on any atom is -0.484 e. The van der Waals surface area contributed by atoms with Gasteiger partial charge >= 0.3 is 0 Å².